The SMILES string of the molecule is C=C/C(OC)=C(/CC)C(=C)F.CC. The van der Waals surface area contributed by atoms with Crippen molar-refractivity contribution in [1.82, 2.24) is 0 Å². The quantitative estimate of drug-likeness (QED) is 0.476. The molecule has 1 nitrogen and oxygen atoms in total. The van der Waals surface area contributed by atoms with Gasteiger partial charge < -0.3 is 4.74 Å². The van der Waals surface area contributed by atoms with Crippen molar-refractivity contribution in [3.05, 3.63) is 36.4 Å². The highest BCUT2D eigenvalue weighted by Gasteiger charge is 2.04. The first-order chi connectivity index (χ1) is 6.17. The maximum Gasteiger partial charge on any atom is 0.124 e. The Morgan fingerprint density at radius 3 is 2.00 bits per heavy atom. The number of hydrogen-bond acceptors (Lipinski definition) is 1. The van der Waals surface area contributed by atoms with E-state index in [0.717, 1.165) is 0 Å². The van der Waals surface area contributed by atoms with Crippen LogP contribution in [0.5, 0.6) is 0 Å². The van der Waals surface area contributed by atoms with E-state index in [2.05, 4.69) is 13.2 Å². The average Bonchev–Trinajstić information content (AvgIpc) is 2.16. The summed E-state index contributed by atoms with van der Waals surface area (Å²) in [6.07, 6.45) is 2.04. The van der Waals surface area contributed by atoms with Crippen LogP contribution in [0.15, 0.2) is 36.4 Å². The lowest BCUT2D eigenvalue weighted by molar-refractivity contribution is 0.300. The summed E-state index contributed by atoms with van der Waals surface area (Å²) >= 11 is 0. The summed E-state index contributed by atoms with van der Waals surface area (Å²) < 4.78 is 17.5. The highest BCUT2D eigenvalue weighted by atomic mass is 19.1. The van der Waals surface area contributed by atoms with Crippen molar-refractivity contribution < 1.29 is 9.13 Å². The number of rotatable bonds is 4. The smallest absolute Gasteiger partial charge is 0.124 e. The number of ether oxygens (including phenoxy) is 1. The Bertz CT molecular complexity index is 192. The second-order valence-electron chi connectivity index (χ2n) is 2.01. The lowest BCUT2D eigenvalue weighted by Gasteiger charge is -2.06. The number of halogens is 1. The fraction of sp³-hybridized carbons (Fsp3) is 0.455. The van der Waals surface area contributed by atoms with E-state index >= 15 is 0 Å². The van der Waals surface area contributed by atoms with Crippen LogP contribution in [0.1, 0.15) is 27.2 Å². The molecule has 0 atom stereocenters. The fourth-order valence-electron chi connectivity index (χ4n) is 0.829. The molecule has 0 aliphatic carbocycles. The summed E-state index contributed by atoms with van der Waals surface area (Å²) in [5, 5.41) is 0. The Kier molecular flexibility index (Phi) is 10.1. The number of allylic oxidation sites excluding steroid dienone is 3. The minimum absolute atomic E-state index is 0.454. The molecular weight excluding hydrogens is 167 g/mol. The molecule has 0 fully saturated rings. The molecule has 0 N–H and O–H groups in total. The largest absolute Gasteiger partial charge is 0.496 e. The number of hydrogen-bond donors (Lipinski definition) is 0. The van der Waals surface area contributed by atoms with Gasteiger partial charge in [0.15, 0.2) is 0 Å². The van der Waals surface area contributed by atoms with Crippen molar-refractivity contribution in [2.24, 2.45) is 0 Å². The van der Waals surface area contributed by atoms with Crippen molar-refractivity contribution in [2.45, 2.75) is 27.2 Å². The van der Waals surface area contributed by atoms with Gasteiger partial charge in [-0.3, -0.25) is 0 Å². The molecule has 0 aliphatic rings. The molecule has 0 heterocycles. The van der Waals surface area contributed by atoms with Gasteiger partial charge in [0.2, 0.25) is 0 Å². The zero-order valence-electron chi connectivity index (χ0n) is 8.98. The zero-order chi connectivity index (χ0) is 10.9. The van der Waals surface area contributed by atoms with E-state index in [1.165, 1.54) is 13.2 Å². The molecule has 0 saturated carbocycles. The lowest BCUT2D eigenvalue weighted by atomic mass is 10.1. The molecule has 0 aromatic heterocycles. The van der Waals surface area contributed by atoms with Gasteiger partial charge in [-0.2, -0.15) is 0 Å². The van der Waals surface area contributed by atoms with E-state index in [1.54, 1.807) is 0 Å². The molecule has 0 unspecified atom stereocenters. The van der Waals surface area contributed by atoms with E-state index in [1.807, 2.05) is 20.8 Å². The van der Waals surface area contributed by atoms with Gasteiger partial charge in [0.1, 0.15) is 11.6 Å². The Morgan fingerprint density at radius 2 is 1.92 bits per heavy atom. The second kappa shape index (κ2) is 9.04. The van der Waals surface area contributed by atoms with E-state index in [0.29, 0.717) is 17.8 Å². The van der Waals surface area contributed by atoms with Crippen molar-refractivity contribution >= 4 is 0 Å². The highest BCUT2D eigenvalue weighted by molar-refractivity contribution is 5.30. The molecule has 0 aromatic rings. The topological polar surface area (TPSA) is 9.23 Å². The summed E-state index contributed by atoms with van der Waals surface area (Å²) in [5.74, 6) is 0.00394. The van der Waals surface area contributed by atoms with Gasteiger partial charge in [-0.15, -0.1) is 0 Å². The standard InChI is InChI=1S/C9H13FO.C2H6/c1-5-8(7(3)10)9(6-2)11-4;1-2/h6H,2-3,5H2,1,4H3;1-2H3/b9-8+;. The van der Waals surface area contributed by atoms with Crippen LogP contribution in [-0.2, 0) is 4.74 Å². The highest BCUT2D eigenvalue weighted by Crippen LogP contribution is 2.18. The maximum absolute atomic E-state index is 12.6. The van der Waals surface area contributed by atoms with Gasteiger partial charge in [-0.25, -0.2) is 4.39 Å². The molecule has 0 spiro atoms. The van der Waals surface area contributed by atoms with Gasteiger partial charge >= 0.3 is 0 Å². The molecular formula is C11H19FO. The maximum atomic E-state index is 12.6. The van der Waals surface area contributed by atoms with Crippen LogP contribution in [-0.4, -0.2) is 7.11 Å². The van der Waals surface area contributed by atoms with Crippen LogP contribution in [0.3, 0.4) is 0 Å². The average molecular weight is 186 g/mol. The molecule has 0 rings (SSSR count). The summed E-state index contributed by atoms with van der Waals surface area (Å²) in [5.41, 5.74) is 0.475. The molecule has 0 bridgehead atoms. The van der Waals surface area contributed by atoms with Crippen molar-refractivity contribution in [1.29, 1.82) is 0 Å². The molecule has 0 aromatic carbocycles. The molecule has 2 heteroatoms. The minimum Gasteiger partial charge on any atom is -0.496 e. The Morgan fingerprint density at radius 1 is 1.46 bits per heavy atom. The van der Waals surface area contributed by atoms with E-state index in [4.69, 9.17) is 4.74 Å². The summed E-state index contributed by atoms with van der Waals surface area (Å²) in [4.78, 5) is 0. The Labute approximate surface area is 80.6 Å². The van der Waals surface area contributed by atoms with E-state index in [9.17, 15) is 4.39 Å². The normalized spacial score (nSPS) is 10.5. The van der Waals surface area contributed by atoms with Crippen molar-refractivity contribution in [3.63, 3.8) is 0 Å². The first-order valence-electron chi connectivity index (χ1n) is 4.41. The fourth-order valence-corrected chi connectivity index (χ4v) is 0.829. The van der Waals surface area contributed by atoms with Gasteiger partial charge in [-0.1, -0.05) is 33.9 Å². The Hall–Kier alpha value is -1.05. The third kappa shape index (κ3) is 5.23. The summed E-state index contributed by atoms with van der Waals surface area (Å²) in [7, 11) is 1.48. The third-order valence-corrected chi connectivity index (χ3v) is 1.38. The second-order valence-corrected chi connectivity index (χ2v) is 2.01. The van der Waals surface area contributed by atoms with Crippen molar-refractivity contribution in [3.8, 4) is 0 Å². The van der Waals surface area contributed by atoms with Gasteiger partial charge in [0.05, 0.1) is 7.11 Å². The van der Waals surface area contributed by atoms with Gasteiger partial charge in [-0.05, 0) is 12.5 Å². The molecule has 13 heavy (non-hydrogen) atoms. The van der Waals surface area contributed by atoms with Crippen LogP contribution in [0, 0.1) is 0 Å². The first-order valence-corrected chi connectivity index (χ1v) is 4.41. The lowest BCUT2D eigenvalue weighted by Crippen LogP contribution is -1.91. The van der Waals surface area contributed by atoms with Crippen LogP contribution in [0.2, 0.25) is 0 Å². The molecule has 0 radical (unpaired) electrons. The molecule has 76 valence electrons. The summed E-state index contributed by atoms with van der Waals surface area (Å²) in [6.45, 7) is 12.5. The third-order valence-electron chi connectivity index (χ3n) is 1.38. The van der Waals surface area contributed by atoms with Crippen LogP contribution in [0.4, 0.5) is 4.39 Å². The molecule has 0 aliphatic heterocycles. The molecule has 0 amide bonds. The van der Waals surface area contributed by atoms with Gasteiger partial charge in [0, 0.05) is 5.57 Å². The van der Waals surface area contributed by atoms with Crippen molar-refractivity contribution in [2.75, 3.05) is 7.11 Å². The van der Waals surface area contributed by atoms with Crippen LogP contribution >= 0.6 is 0 Å². The van der Waals surface area contributed by atoms with Gasteiger partial charge in [0.25, 0.3) is 0 Å². The zero-order valence-corrected chi connectivity index (χ0v) is 8.98. The first kappa shape index (κ1) is 14.5. The predicted molar refractivity (Wildman–Crippen MR) is 56.1 cm³/mol. The minimum atomic E-state index is -0.454. The number of methoxy groups -OCH3 is 1. The molecule has 0 saturated heterocycles. The summed E-state index contributed by atoms with van der Waals surface area (Å²) in [6, 6.07) is 0. The van der Waals surface area contributed by atoms with E-state index in [-0.39, 0.29) is 0 Å². The van der Waals surface area contributed by atoms with Crippen LogP contribution < -0.4 is 0 Å². The van der Waals surface area contributed by atoms with Crippen LogP contribution in [0.25, 0.3) is 0 Å². The monoisotopic (exact) mass is 186 g/mol. The predicted octanol–water partition coefficient (Wildman–Crippen LogP) is 3.99. The Balaban J connectivity index is 0. The van der Waals surface area contributed by atoms with E-state index < -0.39 is 5.83 Å².